The third-order valence-corrected chi connectivity index (χ3v) is 5.44. The minimum atomic E-state index is -0.738. The minimum absolute atomic E-state index is 0.0598. The monoisotopic (exact) mass is 485 g/mol. The van der Waals surface area contributed by atoms with Crippen LogP contribution >= 0.6 is 0 Å². The normalized spacial score (nSPS) is 13.3. The molecule has 0 N–H and O–H groups in total. The molecular weight excluding hydrogens is 450 g/mol. The van der Waals surface area contributed by atoms with E-state index in [0.717, 1.165) is 19.3 Å². The number of ketones is 1. The van der Waals surface area contributed by atoms with Crippen LogP contribution in [0.1, 0.15) is 70.3 Å². The van der Waals surface area contributed by atoms with E-state index in [-0.39, 0.29) is 29.7 Å². The average Bonchev–Trinajstić information content (AvgIpc) is 2.83. The Morgan fingerprint density at radius 3 is 2.37 bits per heavy atom. The topological polar surface area (TPSA) is 101 Å². The van der Waals surface area contributed by atoms with Gasteiger partial charge in [0.2, 0.25) is 5.75 Å². The number of Topliss-reactive ketones (excluding diaryl/α,β-unsaturated/α-hetero) is 1. The number of hydrogen-bond donors (Lipinski definition) is 0. The first-order valence-corrected chi connectivity index (χ1v) is 11.9. The van der Waals surface area contributed by atoms with E-state index in [1.807, 2.05) is 37.3 Å². The molecule has 190 valence electrons. The van der Waals surface area contributed by atoms with Gasteiger partial charge in [-0.05, 0) is 31.9 Å². The maximum atomic E-state index is 13.0. The molecule has 8 heteroatoms. The Labute approximate surface area is 206 Å². The van der Waals surface area contributed by atoms with E-state index < -0.39 is 29.7 Å². The summed E-state index contributed by atoms with van der Waals surface area (Å²) in [5.74, 6) is -1.46. The van der Waals surface area contributed by atoms with E-state index in [0.29, 0.717) is 12.2 Å². The van der Waals surface area contributed by atoms with Crippen LogP contribution in [-0.4, -0.2) is 42.0 Å². The molecule has 0 spiro atoms. The lowest BCUT2D eigenvalue weighted by Gasteiger charge is -2.26. The van der Waals surface area contributed by atoms with Crippen molar-refractivity contribution in [2.75, 3.05) is 7.11 Å². The molecule has 1 aromatic carbocycles. The van der Waals surface area contributed by atoms with Crippen LogP contribution in [0.4, 0.5) is 0 Å². The highest BCUT2D eigenvalue weighted by atomic mass is 16.6. The van der Waals surface area contributed by atoms with Gasteiger partial charge in [-0.25, -0.2) is 4.98 Å². The molecule has 8 nitrogen and oxygen atoms in total. The number of nitrogens with zero attached hydrogens (tertiary/aromatic N) is 1. The second kappa shape index (κ2) is 14.1. The van der Waals surface area contributed by atoms with Gasteiger partial charge in [0, 0.05) is 25.6 Å². The third-order valence-electron chi connectivity index (χ3n) is 5.44. The molecule has 0 unspecified atom stereocenters. The molecule has 0 fully saturated rings. The molecule has 2 rings (SSSR count). The smallest absolute Gasteiger partial charge is 0.309 e. The molecule has 35 heavy (non-hydrogen) atoms. The van der Waals surface area contributed by atoms with Crippen LogP contribution in [0.5, 0.6) is 17.2 Å². The zero-order chi connectivity index (χ0) is 25.8. The summed E-state index contributed by atoms with van der Waals surface area (Å²) in [6.07, 6.45) is 4.00. The number of aromatic nitrogens is 1. The third kappa shape index (κ3) is 8.70. The van der Waals surface area contributed by atoms with Crippen molar-refractivity contribution in [2.45, 2.75) is 72.0 Å². The van der Waals surface area contributed by atoms with E-state index >= 15 is 0 Å². The van der Waals surface area contributed by atoms with E-state index in [1.165, 1.54) is 26.3 Å². The molecule has 0 amide bonds. The summed E-state index contributed by atoms with van der Waals surface area (Å²) in [6, 6.07) is 10.9. The van der Waals surface area contributed by atoms with E-state index in [9.17, 15) is 14.4 Å². The van der Waals surface area contributed by atoms with Crippen molar-refractivity contribution in [3.63, 3.8) is 0 Å². The maximum Gasteiger partial charge on any atom is 0.309 e. The number of esters is 2. The molecular formula is C27H35NO7. The molecule has 0 bridgehead atoms. The SMILES string of the molecule is CCCCC[C@@H](OC(=O)[C@H](C)CC(=O)c1nccc(OC)c1OC(C)=O)[C@@H](C)Oc1ccccc1. The number of carbonyl (C=O) groups excluding carboxylic acids is 3. The number of ether oxygens (including phenoxy) is 4. The second-order valence-corrected chi connectivity index (χ2v) is 8.42. The van der Waals surface area contributed by atoms with Crippen LogP contribution in [0.15, 0.2) is 42.6 Å². The van der Waals surface area contributed by atoms with Gasteiger partial charge in [-0.3, -0.25) is 14.4 Å². The number of carbonyl (C=O) groups is 3. The second-order valence-electron chi connectivity index (χ2n) is 8.42. The van der Waals surface area contributed by atoms with Crippen LogP contribution in [0.2, 0.25) is 0 Å². The van der Waals surface area contributed by atoms with Crippen LogP contribution in [0, 0.1) is 5.92 Å². The lowest BCUT2D eigenvalue weighted by molar-refractivity contribution is -0.158. The summed E-state index contributed by atoms with van der Waals surface area (Å²) in [6.45, 7) is 6.82. The number of benzene rings is 1. The van der Waals surface area contributed by atoms with Gasteiger partial charge >= 0.3 is 11.9 Å². The summed E-state index contributed by atoms with van der Waals surface area (Å²) in [7, 11) is 1.40. The zero-order valence-corrected chi connectivity index (χ0v) is 21.1. The van der Waals surface area contributed by atoms with Crippen molar-refractivity contribution in [3.8, 4) is 17.2 Å². The summed E-state index contributed by atoms with van der Waals surface area (Å²) >= 11 is 0. The van der Waals surface area contributed by atoms with Crippen molar-refractivity contribution in [1.29, 1.82) is 0 Å². The lowest BCUT2D eigenvalue weighted by atomic mass is 10.0. The van der Waals surface area contributed by atoms with E-state index in [1.54, 1.807) is 6.92 Å². The molecule has 0 aliphatic heterocycles. The van der Waals surface area contributed by atoms with Gasteiger partial charge in [0.05, 0.1) is 13.0 Å². The Morgan fingerprint density at radius 1 is 1.03 bits per heavy atom. The molecule has 0 aliphatic rings. The molecule has 0 saturated carbocycles. The summed E-state index contributed by atoms with van der Waals surface area (Å²) in [5, 5.41) is 0. The standard InChI is InChI=1S/C27H35NO7/c1-6-7-9-14-23(19(3)33-21-12-10-8-11-13-21)35-27(31)18(2)17-22(30)25-26(34-20(4)29)24(32-5)15-16-28-25/h8,10-13,15-16,18-19,23H,6-7,9,14,17H2,1-5H3/t18-,19-,23-/m1/s1. The summed E-state index contributed by atoms with van der Waals surface area (Å²) in [4.78, 5) is 41.5. The van der Waals surface area contributed by atoms with Gasteiger partial charge in [-0.15, -0.1) is 0 Å². The van der Waals surface area contributed by atoms with Crippen LogP contribution in [-0.2, 0) is 14.3 Å². The minimum Gasteiger partial charge on any atom is -0.493 e. The predicted molar refractivity (Wildman–Crippen MR) is 131 cm³/mol. The van der Waals surface area contributed by atoms with Crippen molar-refractivity contribution in [2.24, 2.45) is 5.92 Å². The highest BCUT2D eigenvalue weighted by molar-refractivity contribution is 5.99. The highest BCUT2D eigenvalue weighted by Crippen LogP contribution is 2.31. The first-order valence-electron chi connectivity index (χ1n) is 11.9. The Balaban J connectivity index is 2.10. The number of pyridine rings is 1. The Morgan fingerprint density at radius 2 is 1.74 bits per heavy atom. The van der Waals surface area contributed by atoms with Gasteiger partial charge in [-0.2, -0.15) is 0 Å². The van der Waals surface area contributed by atoms with Gasteiger partial charge in [0.15, 0.2) is 17.2 Å². The van der Waals surface area contributed by atoms with Crippen molar-refractivity contribution >= 4 is 17.7 Å². The van der Waals surface area contributed by atoms with E-state index in [2.05, 4.69) is 11.9 Å². The van der Waals surface area contributed by atoms with E-state index in [4.69, 9.17) is 18.9 Å². The van der Waals surface area contributed by atoms with Gasteiger partial charge in [0.25, 0.3) is 0 Å². The average molecular weight is 486 g/mol. The zero-order valence-electron chi connectivity index (χ0n) is 21.1. The number of para-hydroxylation sites is 1. The van der Waals surface area contributed by atoms with Crippen LogP contribution < -0.4 is 14.2 Å². The molecule has 0 radical (unpaired) electrons. The Kier molecular flexibility index (Phi) is 11.2. The largest absolute Gasteiger partial charge is 0.493 e. The predicted octanol–water partition coefficient (Wildman–Crippen LogP) is 5.18. The number of rotatable bonds is 14. The summed E-state index contributed by atoms with van der Waals surface area (Å²) in [5.41, 5.74) is -0.0699. The first kappa shape index (κ1) is 27.8. The fourth-order valence-electron chi connectivity index (χ4n) is 3.53. The fourth-order valence-corrected chi connectivity index (χ4v) is 3.53. The van der Waals surface area contributed by atoms with Crippen LogP contribution in [0.3, 0.4) is 0 Å². The Hall–Kier alpha value is -3.42. The van der Waals surface area contributed by atoms with Gasteiger partial charge in [0.1, 0.15) is 18.0 Å². The lowest BCUT2D eigenvalue weighted by Crippen LogP contribution is -2.35. The van der Waals surface area contributed by atoms with Gasteiger partial charge < -0.3 is 18.9 Å². The summed E-state index contributed by atoms with van der Waals surface area (Å²) < 4.78 is 22.2. The molecule has 2 aromatic rings. The van der Waals surface area contributed by atoms with Crippen LogP contribution in [0.25, 0.3) is 0 Å². The van der Waals surface area contributed by atoms with Crippen molar-refractivity contribution in [1.82, 2.24) is 4.98 Å². The number of hydrogen-bond acceptors (Lipinski definition) is 8. The molecule has 0 saturated heterocycles. The number of unbranched alkanes of at least 4 members (excludes halogenated alkanes) is 2. The molecule has 1 aromatic heterocycles. The number of methoxy groups -OCH3 is 1. The maximum absolute atomic E-state index is 13.0. The molecule has 1 heterocycles. The first-order chi connectivity index (χ1) is 16.8. The Bertz CT molecular complexity index is 977. The highest BCUT2D eigenvalue weighted by Gasteiger charge is 2.29. The van der Waals surface area contributed by atoms with Crippen molar-refractivity contribution in [3.05, 3.63) is 48.3 Å². The van der Waals surface area contributed by atoms with Gasteiger partial charge in [-0.1, -0.05) is 44.9 Å². The quantitative estimate of drug-likeness (QED) is 0.205. The van der Waals surface area contributed by atoms with Crippen molar-refractivity contribution < 1.29 is 33.3 Å². The molecule has 0 aliphatic carbocycles. The molecule has 3 atom stereocenters. The fraction of sp³-hybridized carbons (Fsp3) is 0.481.